The van der Waals surface area contributed by atoms with Gasteiger partial charge in [0.1, 0.15) is 6.04 Å². The van der Waals surface area contributed by atoms with Gasteiger partial charge in [-0.15, -0.1) is 0 Å². The zero-order chi connectivity index (χ0) is 11.4. The summed E-state index contributed by atoms with van der Waals surface area (Å²) in [5.41, 5.74) is 11.4. The third-order valence-corrected chi connectivity index (χ3v) is 2.22. The molecule has 1 aromatic rings. The summed E-state index contributed by atoms with van der Waals surface area (Å²) < 4.78 is 0. The Morgan fingerprint density at radius 1 is 1.27 bits per heavy atom. The third kappa shape index (κ3) is 2.81. The highest BCUT2D eigenvalue weighted by Gasteiger charge is 2.26. The summed E-state index contributed by atoms with van der Waals surface area (Å²) in [4.78, 5) is 19.6. The fourth-order valence-corrected chi connectivity index (χ4v) is 1.13. The molecule has 0 aliphatic rings. The van der Waals surface area contributed by atoms with Crippen LogP contribution >= 0.6 is 0 Å². The first-order valence-corrected chi connectivity index (χ1v) is 4.86. The van der Waals surface area contributed by atoms with E-state index in [-0.39, 0.29) is 11.7 Å². The molecule has 0 radical (unpaired) electrons. The molecule has 0 aliphatic carbocycles. The Morgan fingerprint density at radius 3 is 2.27 bits per heavy atom. The van der Waals surface area contributed by atoms with E-state index in [2.05, 4.69) is 9.97 Å². The first kappa shape index (κ1) is 11.7. The van der Waals surface area contributed by atoms with Crippen molar-refractivity contribution in [2.75, 3.05) is 0 Å². The highest BCUT2D eigenvalue weighted by Crippen LogP contribution is 2.10. The van der Waals surface area contributed by atoms with Gasteiger partial charge >= 0.3 is 0 Å². The Labute approximate surface area is 88.9 Å². The van der Waals surface area contributed by atoms with E-state index in [1.807, 2.05) is 13.8 Å². The maximum absolute atomic E-state index is 11.8. The molecule has 0 fully saturated rings. The minimum Gasteiger partial charge on any atom is -0.321 e. The molecule has 1 rings (SSSR count). The summed E-state index contributed by atoms with van der Waals surface area (Å²) >= 11 is 0. The number of aromatic nitrogens is 2. The summed E-state index contributed by atoms with van der Waals surface area (Å²) in [7, 11) is 0. The molecule has 0 aromatic carbocycles. The number of hydrogen-bond acceptors (Lipinski definition) is 5. The zero-order valence-corrected chi connectivity index (χ0v) is 8.92. The maximum atomic E-state index is 11.8. The molecule has 15 heavy (non-hydrogen) atoms. The Kier molecular flexibility index (Phi) is 3.88. The van der Waals surface area contributed by atoms with Gasteiger partial charge in [-0.05, 0) is 12.0 Å². The molecule has 2 unspecified atom stereocenters. The van der Waals surface area contributed by atoms with E-state index in [0.29, 0.717) is 5.82 Å². The van der Waals surface area contributed by atoms with Gasteiger partial charge in [-0.2, -0.15) is 0 Å². The van der Waals surface area contributed by atoms with Crippen LogP contribution in [0.5, 0.6) is 0 Å². The fourth-order valence-electron chi connectivity index (χ4n) is 1.13. The minimum atomic E-state index is -0.830. The summed E-state index contributed by atoms with van der Waals surface area (Å²) in [6.45, 7) is 3.75. The highest BCUT2D eigenvalue weighted by molar-refractivity contribution is 5.89. The summed E-state index contributed by atoms with van der Waals surface area (Å²) in [6, 6.07) is 0.274. The number of ketones is 1. The molecular formula is C10H16N4O. The molecule has 5 heteroatoms. The summed E-state index contributed by atoms with van der Waals surface area (Å²) in [5, 5.41) is 0. The maximum Gasteiger partial charge on any atom is 0.174 e. The van der Waals surface area contributed by atoms with Crippen molar-refractivity contribution in [3.05, 3.63) is 24.3 Å². The van der Waals surface area contributed by atoms with Crippen LogP contribution in [0.25, 0.3) is 0 Å². The van der Waals surface area contributed by atoms with Gasteiger partial charge in [0.2, 0.25) is 0 Å². The quantitative estimate of drug-likeness (QED) is 0.727. The average molecular weight is 208 g/mol. The standard InChI is InChI=1S/C10H16N4O/c1-6(2)7(11)9(15)8(12)10-13-4-3-5-14-10/h3-8H,11-12H2,1-2H3. The predicted molar refractivity (Wildman–Crippen MR) is 56.8 cm³/mol. The molecule has 2 atom stereocenters. The predicted octanol–water partition coefficient (Wildman–Crippen LogP) is 0.0288. The third-order valence-electron chi connectivity index (χ3n) is 2.22. The van der Waals surface area contributed by atoms with Gasteiger partial charge in [-0.1, -0.05) is 13.8 Å². The van der Waals surface area contributed by atoms with Crippen LogP contribution in [0.1, 0.15) is 25.7 Å². The molecule has 0 spiro atoms. The van der Waals surface area contributed by atoms with Crippen LogP contribution < -0.4 is 11.5 Å². The number of carbonyl (C=O) groups excluding carboxylic acids is 1. The Balaban J connectivity index is 2.78. The molecule has 1 aromatic heterocycles. The molecule has 4 N–H and O–H groups in total. The lowest BCUT2D eigenvalue weighted by atomic mass is 9.96. The fraction of sp³-hybridized carbons (Fsp3) is 0.500. The molecule has 1 heterocycles. The van der Waals surface area contributed by atoms with Crippen molar-refractivity contribution in [2.24, 2.45) is 17.4 Å². The van der Waals surface area contributed by atoms with Crippen molar-refractivity contribution >= 4 is 5.78 Å². The van der Waals surface area contributed by atoms with E-state index in [1.54, 1.807) is 18.5 Å². The molecule has 0 saturated heterocycles. The smallest absolute Gasteiger partial charge is 0.174 e. The van der Waals surface area contributed by atoms with Crippen LogP contribution in [0.3, 0.4) is 0 Å². The van der Waals surface area contributed by atoms with E-state index in [4.69, 9.17) is 11.5 Å². The van der Waals surface area contributed by atoms with Crippen molar-refractivity contribution in [2.45, 2.75) is 25.9 Å². The lowest BCUT2D eigenvalue weighted by molar-refractivity contribution is -0.122. The van der Waals surface area contributed by atoms with Gasteiger partial charge in [0.15, 0.2) is 11.6 Å². The summed E-state index contributed by atoms with van der Waals surface area (Å²) in [5.74, 6) is 0.155. The van der Waals surface area contributed by atoms with Crippen molar-refractivity contribution in [3.63, 3.8) is 0 Å². The number of rotatable bonds is 4. The second-order valence-corrected chi connectivity index (χ2v) is 3.76. The Hall–Kier alpha value is -1.33. The summed E-state index contributed by atoms with van der Waals surface area (Å²) in [6.07, 6.45) is 3.10. The number of carbonyl (C=O) groups is 1. The van der Waals surface area contributed by atoms with Gasteiger partial charge in [-0.25, -0.2) is 9.97 Å². The second kappa shape index (κ2) is 4.95. The van der Waals surface area contributed by atoms with E-state index < -0.39 is 12.1 Å². The van der Waals surface area contributed by atoms with Gasteiger partial charge < -0.3 is 11.5 Å². The Bertz CT molecular complexity index is 325. The highest BCUT2D eigenvalue weighted by atomic mass is 16.1. The first-order chi connectivity index (χ1) is 7.04. The van der Waals surface area contributed by atoms with E-state index in [9.17, 15) is 4.79 Å². The number of Topliss-reactive ketones (excluding diaryl/α,β-unsaturated/α-hetero) is 1. The van der Waals surface area contributed by atoms with Crippen LogP contribution in [0.15, 0.2) is 18.5 Å². The molecule has 0 amide bonds. The van der Waals surface area contributed by atoms with Crippen molar-refractivity contribution in [1.82, 2.24) is 9.97 Å². The SMILES string of the molecule is CC(C)C(N)C(=O)C(N)c1ncccn1. The molecule has 0 bridgehead atoms. The first-order valence-electron chi connectivity index (χ1n) is 4.86. The normalized spacial score (nSPS) is 15.0. The lowest BCUT2D eigenvalue weighted by Gasteiger charge is -2.17. The molecule has 5 nitrogen and oxygen atoms in total. The number of nitrogens with zero attached hydrogens (tertiary/aromatic N) is 2. The van der Waals surface area contributed by atoms with Gasteiger partial charge in [0.05, 0.1) is 6.04 Å². The molecule has 0 aliphatic heterocycles. The molecule has 82 valence electrons. The van der Waals surface area contributed by atoms with E-state index in [1.165, 1.54) is 0 Å². The zero-order valence-electron chi connectivity index (χ0n) is 8.92. The average Bonchev–Trinajstić information content (AvgIpc) is 2.27. The van der Waals surface area contributed by atoms with Crippen molar-refractivity contribution < 1.29 is 4.79 Å². The lowest BCUT2D eigenvalue weighted by Crippen LogP contribution is -2.42. The van der Waals surface area contributed by atoms with E-state index in [0.717, 1.165) is 0 Å². The topological polar surface area (TPSA) is 94.9 Å². The van der Waals surface area contributed by atoms with Gasteiger partial charge in [0, 0.05) is 12.4 Å². The minimum absolute atomic E-state index is 0.0623. The number of nitrogens with two attached hydrogens (primary N) is 2. The van der Waals surface area contributed by atoms with Crippen molar-refractivity contribution in [3.8, 4) is 0 Å². The van der Waals surface area contributed by atoms with Crippen LogP contribution in [0.2, 0.25) is 0 Å². The molecule has 0 saturated carbocycles. The van der Waals surface area contributed by atoms with Gasteiger partial charge in [0.25, 0.3) is 0 Å². The molecular weight excluding hydrogens is 192 g/mol. The van der Waals surface area contributed by atoms with E-state index >= 15 is 0 Å². The van der Waals surface area contributed by atoms with Crippen LogP contribution in [0.4, 0.5) is 0 Å². The van der Waals surface area contributed by atoms with Gasteiger partial charge in [-0.3, -0.25) is 4.79 Å². The van der Waals surface area contributed by atoms with Crippen LogP contribution in [0, 0.1) is 5.92 Å². The van der Waals surface area contributed by atoms with Crippen LogP contribution in [-0.2, 0) is 4.79 Å². The second-order valence-electron chi connectivity index (χ2n) is 3.76. The Morgan fingerprint density at radius 2 is 1.80 bits per heavy atom. The van der Waals surface area contributed by atoms with Crippen molar-refractivity contribution in [1.29, 1.82) is 0 Å². The van der Waals surface area contributed by atoms with Crippen LogP contribution in [-0.4, -0.2) is 21.8 Å². The largest absolute Gasteiger partial charge is 0.321 e. The number of hydrogen-bond donors (Lipinski definition) is 2. The monoisotopic (exact) mass is 208 g/mol.